The van der Waals surface area contributed by atoms with Gasteiger partial charge in [-0.3, -0.25) is 4.98 Å². The van der Waals surface area contributed by atoms with Gasteiger partial charge in [0.1, 0.15) is 5.82 Å². The third kappa shape index (κ3) is 3.88. The summed E-state index contributed by atoms with van der Waals surface area (Å²) in [6.07, 6.45) is 5.50. The van der Waals surface area contributed by atoms with Crippen LogP contribution in [0.15, 0.2) is 36.7 Å². The number of hydrogen-bond donors (Lipinski definition) is 1. The van der Waals surface area contributed by atoms with Crippen molar-refractivity contribution in [2.24, 2.45) is 0 Å². The van der Waals surface area contributed by atoms with E-state index in [4.69, 9.17) is 0 Å². The molecule has 1 unspecified atom stereocenters. The van der Waals surface area contributed by atoms with E-state index in [1.807, 2.05) is 25.4 Å². The summed E-state index contributed by atoms with van der Waals surface area (Å²) >= 11 is 0. The molecule has 0 aliphatic rings. The summed E-state index contributed by atoms with van der Waals surface area (Å²) in [6, 6.07) is 7.27. The lowest BCUT2D eigenvalue weighted by Crippen LogP contribution is -2.24. The van der Waals surface area contributed by atoms with Gasteiger partial charge in [0.15, 0.2) is 0 Å². The van der Waals surface area contributed by atoms with E-state index in [1.165, 1.54) is 17.2 Å². The minimum atomic E-state index is -0.170. The second-order valence-electron chi connectivity index (χ2n) is 5.31. The zero-order valence-electron chi connectivity index (χ0n) is 13.0. The second-order valence-corrected chi connectivity index (χ2v) is 5.31. The van der Waals surface area contributed by atoms with Crippen LogP contribution in [0.25, 0.3) is 0 Å². The van der Waals surface area contributed by atoms with Crippen LogP contribution in [0.4, 0.5) is 4.39 Å². The first-order chi connectivity index (χ1) is 10.2. The molecule has 1 aromatic carbocycles. The van der Waals surface area contributed by atoms with Crippen LogP contribution in [0, 0.1) is 12.7 Å². The Morgan fingerprint density at radius 2 is 2.00 bits per heavy atom. The minimum absolute atomic E-state index is 0.170. The van der Waals surface area contributed by atoms with Crippen LogP contribution in [0.5, 0.6) is 0 Å². The number of likely N-dealkylation sites (N-methyl/N-ethyl adjacent to an activating group) is 1. The largest absolute Gasteiger partial charge is 0.310 e. The quantitative estimate of drug-likeness (QED) is 0.868. The predicted molar refractivity (Wildman–Crippen MR) is 84.9 cm³/mol. The monoisotopic (exact) mass is 286 g/mol. The van der Waals surface area contributed by atoms with E-state index in [1.54, 1.807) is 6.07 Å². The van der Waals surface area contributed by atoms with Gasteiger partial charge in [-0.15, -0.1) is 0 Å². The molecule has 2 nitrogen and oxygen atoms in total. The van der Waals surface area contributed by atoms with E-state index < -0.39 is 0 Å². The molecule has 0 aliphatic heterocycles. The Labute approximate surface area is 126 Å². The molecule has 112 valence electrons. The molecule has 1 aromatic heterocycles. The molecule has 3 heteroatoms. The number of benzene rings is 1. The van der Waals surface area contributed by atoms with Gasteiger partial charge in [-0.05, 0) is 66.8 Å². The highest BCUT2D eigenvalue weighted by molar-refractivity contribution is 5.32. The first-order valence-corrected chi connectivity index (χ1v) is 7.56. The molecular weight excluding hydrogens is 263 g/mol. The van der Waals surface area contributed by atoms with E-state index in [9.17, 15) is 4.39 Å². The number of nitrogens with zero attached hydrogens (tertiary/aromatic N) is 1. The Balaban J connectivity index is 2.33. The van der Waals surface area contributed by atoms with E-state index in [0.29, 0.717) is 0 Å². The summed E-state index contributed by atoms with van der Waals surface area (Å²) in [7, 11) is 0. The molecule has 0 amide bonds. The average Bonchev–Trinajstić information content (AvgIpc) is 2.50. The first kappa shape index (κ1) is 15.6. The SMILES string of the molecule is CCNC(Cc1cc(F)ccc1C)c1ccncc1CC. The third-order valence-electron chi connectivity index (χ3n) is 3.88. The van der Waals surface area contributed by atoms with Crippen molar-refractivity contribution >= 4 is 0 Å². The fraction of sp³-hybridized carbons (Fsp3) is 0.389. The Morgan fingerprint density at radius 3 is 2.71 bits per heavy atom. The van der Waals surface area contributed by atoms with Crippen molar-refractivity contribution in [3.8, 4) is 0 Å². The van der Waals surface area contributed by atoms with Crippen LogP contribution in [0.2, 0.25) is 0 Å². The smallest absolute Gasteiger partial charge is 0.123 e. The van der Waals surface area contributed by atoms with Crippen LogP contribution in [0.1, 0.15) is 42.1 Å². The van der Waals surface area contributed by atoms with Gasteiger partial charge in [-0.25, -0.2) is 4.39 Å². The average molecular weight is 286 g/mol. The lowest BCUT2D eigenvalue weighted by molar-refractivity contribution is 0.541. The lowest BCUT2D eigenvalue weighted by Gasteiger charge is -2.22. The van der Waals surface area contributed by atoms with Gasteiger partial charge in [-0.2, -0.15) is 0 Å². The van der Waals surface area contributed by atoms with Crippen molar-refractivity contribution < 1.29 is 4.39 Å². The van der Waals surface area contributed by atoms with Gasteiger partial charge in [0.2, 0.25) is 0 Å². The summed E-state index contributed by atoms with van der Waals surface area (Å²) in [6.45, 7) is 7.14. The highest BCUT2D eigenvalue weighted by atomic mass is 19.1. The van der Waals surface area contributed by atoms with Gasteiger partial charge in [0.25, 0.3) is 0 Å². The maximum Gasteiger partial charge on any atom is 0.123 e. The molecule has 2 aromatic rings. The maximum absolute atomic E-state index is 13.5. The lowest BCUT2D eigenvalue weighted by atomic mass is 9.93. The maximum atomic E-state index is 13.5. The summed E-state index contributed by atoms with van der Waals surface area (Å²) in [5, 5.41) is 3.52. The van der Waals surface area contributed by atoms with Crippen molar-refractivity contribution in [2.45, 2.75) is 39.7 Å². The van der Waals surface area contributed by atoms with E-state index in [-0.39, 0.29) is 11.9 Å². The zero-order valence-corrected chi connectivity index (χ0v) is 13.0. The molecule has 0 radical (unpaired) electrons. The van der Waals surface area contributed by atoms with Gasteiger partial charge in [-0.1, -0.05) is 19.9 Å². The number of pyridine rings is 1. The number of halogens is 1. The Bertz CT molecular complexity index is 596. The van der Waals surface area contributed by atoms with Crippen molar-refractivity contribution in [3.05, 3.63) is 64.7 Å². The molecule has 0 saturated carbocycles. The summed E-state index contributed by atoms with van der Waals surface area (Å²) in [5.74, 6) is -0.170. The normalized spacial score (nSPS) is 12.4. The van der Waals surface area contributed by atoms with Crippen LogP contribution in [0.3, 0.4) is 0 Å². The molecule has 1 N–H and O–H groups in total. The number of hydrogen-bond acceptors (Lipinski definition) is 2. The molecular formula is C18H23FN2. The van der Waals surface area contributed by atoms with Gasteiger partial charge >= 0.3 is 0 Å². The summed E-state index contributed by atoms with van der Waals surface area (Å²) < 4.78 is 13.5. The predicted octanol–water partition coefficient (Wildman–Crippen LogP) is 3.98. The fourth-order valence-corrected chi connectivity index (χ4v) is 2.69. The van der Waals surface area contributed by atoms with Crippen molar-refractivity contribution in [3.63, 3.8) is 0 Å². The van der Waals surface area contributed by atoms with E-state index >= 15 is 0 Å². The minimum Gasteiger partial charge on any atom is -0.310 e. The Kier molecular flexibility index (Phi) is 5.45. The Morgan fingerprint density at radius 1 is 1.19 bits per heavy atom. The summed E-state index contributed by atoms with van der Waals surface area (Å²) in [5.41, 5.74) is 4.70. The molecule has 1 atom stereocenters. The van der Waals surface area contributed by atoms with Gasteiger partial charge in [0.05, 0.1) is 0 Å². The molecule has 0 spiro atoms. The van der Waals surface area contributed by atoms with Gasteiger partial charge < -0.3 is 5.32 Å². The van der Waals surface area contributed by atoms with Crippen molar-refractivity contribution in [2.75, 3.05) is 6.54 Å². The van der Waals surface area contributed by atoms with Crippen LogP contribution < -0.4 is 5.32 Å². The molecule has 1 heterocycles. The molecule has 0 saturated heterocycles. The Hall–Kier alpha value is -1.74. The molecule has 0 aliphatic carbocycles. The highest BCUT2D eigenvalue weighted by Gasteiger charge is 2.15. The van der Waals surface area contributed by atoms with Crippen LogP contribution >= 0.6 is 0 Å². The summed E-state index contributed by atoms with van der Waals surface area (Å²) in [4.78, 5) is 4.21. The van der Waals surface area contributed by atoms with Gasteiger partial charge in [0, 0.05) is 18.4 Å². The zero-order chi connectivity index (χ0) is 15.2. The van der Waals surface area contributed by atoms with E-state index in [2.05, 4.69) is 30.2 Å². The number of nitrogens with one attached hydrogen (secondary N) is 1. The molecule has 2 rings (SSSR count). The number of aromatic nitrogens is 1. The second kappa shape index (κ2) is 7.32. The fourth-order valence-electron chi connectivity index (χ4n) is 2.69. The number of rotatable bonds is 6. The first-order valence-electron chi connectivity index (χ1n) is 7.56. The molecule has 0 fully saturated rings. The van der Waals surface area contributed by atoms with E-state index in [0.717, 1.165) is 30.5 Å². The molecule has 0 bridgehead atoms. The topological polar surface area (TPSA) is 24.9 Å². The van der Waals surface area contributed by atoms with Crippen molar-refractivity contribution in [1.82, 2.24) is 10.3 Å². The van der Waals surface area contributed by atoms with Crippen LogP contribution in [-0.4, -0.2) is 11.5 Å². The number of aryl methyl sites for hydroxylation is 2. The highest BCUT2D eigenvalue weighted by Crippen LogP contribution is 2.24. The standard InChI is InChI=1S/C18H23FN2/c1-4-14-12-20-9-8-17(14)18(21-5-2)11-15-10-16(19)7-6-13(15)3/h6-10,12,18,21H,4-5,11H2,1-3H3. The molecule has 21 heavy (non-hydrogen) atoms. The van der Waals surface area contributed by atoms with Crippen molar-refractivity contribution in [1.29, 1.82) is 0 Å². The third-order valence-corrected chi connectivity index (χ3v) is 3.88. The van der Waals surface area contributed by atoms with Crippen LogP contribution in [-0.2, 0) is 12.8 Å².